The smallest absolute Gasteiger partial charge is 0.286 e. The summed E-state index contributed by atoms with van der Waals surface area (Å²) in [4.78, 5) is 15.6. The van der Waals surface area contributed by atoms with Gasteiger partial charge >= 0.3 is 0 Å². The average molecular weight is 260 g/mol. The van der Waals surface area contributed by atoms with Crippen LogP contribution in [0.1, 0.15) is 5.56 Å². The van der Waals surface area contributed by atoms with Crippen molar-refractivity contribution in [3.05, 3.63) is 47.4 Å². The van der Waals surface area contributed by atoms with Crippen molar-refractivity contribution in [2.24, 2.45) is 10.7 Å². The van der Waals surface area contributed by atoms with Crippen molar-refractivity contribution in [1.29, 1.82) is 0 Å². The molecular weight excluding hydrogens is 248 g/mol. The third-order valence-corrected chi connectivity index (χ3v) is 2.97. The van der Waals surface area contributed by atoms with Crippen molar-refractivity contribution in [1.82, 2.24) is 0 Å². The highest BCUT2D eigenvalue weighted by Gasteiger charge is 2.19. The first-order valence-corrected chi connectivity index (χ1v) is 6.12. The molecule has 0 spiro atoms. The van der Waals surface area contributed by atoms with Crippen molar-refractivity contribution in [2.45, 2.75) is 0 Å². The molecule has 1 amide bonds. The van der Waals surface area contributed by atoms with E-state index in [-0.39, 0.29) is 11.1 Å². The lowest BCUT2D eigenvalue weighted by atomic mass is 10.2. The van der Waals surface area contributed by atoms with Crippen molar-refractivity contribution in [3.63, 3.8) is 0 Å². The Morgan fingerprint density at radius 2 is 2.33 bits per heavy atom. The Morgan fingerprint density at radius 3 is 3.00 bits per heavy atom. The zero-order valence-corrected chi connectivity index (χ0v) is 10.4. The third kappa shape index (κ3) is 3.01. The van der Waals surface area contributed by atoms with Crippen molar-refractivity contribution < 1.29 is 9.53 Å². The molecule has 0 bridgehead atoms. The number of hydrogen-bond acceptors (Lipinski definition) is 4. The van der Waals surface area contributed by atoms with Gasteiger partial charge in [0.15, 0.2) is 5.17 Å². The Balaban J connectivity index is 2.17. The number of carbonyl (C=O) groups is 1. The van der Waals surface area contributed by atoms with Crippen LogP contribution in [0, 0.1) is 0 Å². The van der Waals surface area contributed by atoms with Gasteiger partial charge in [0.25, 0.3) is 5.91 Å². The van der Waals surface area contributed by atoms with E-state index < -0.39 is 0 Å². The fourth-order valence-electron chi connectivity index (χ4n) is 1.43. The predicted molar refractivity (Wildman–Crippen MR) is 74.3 cm³/mol. The van der Waals surface area contributed by atoms with Crippen LogP contribution in [0.3, 0.4) is 0 Å². The lowest BCUT2D eigenvalue weighted by Crippen LogP contribution is -2.01. The normalized spacial score (nSPS) is 16.8. The second-order valence-corrected chi connectivity index (χ2v) is 4.60. The van der Waals surface area contributed by atoms with E-state index in [9.17, 15) is 4.79 Å². The molecule has 1 aliphatic rings. The molecule has 1 aromatic carbocycles. The van der Waals surface area contributed by atoms with Crippen LogP contribution in [0.15, 0.2) is 46.8 Å². The standard InChI is InChI=1S/C13H12N2O2S/c1-2-6-17-10-5-3-4-9(7-10)8-11-12(16)15-13(14)18-11/h2-5,7-8H,1,6H2,(H2,14,15,16)/b11-8-. The topological polar surface area (TPSA) is 64.7 Å². The van der Waals surface area contributed by atoms with E-state index in [0.29, 0.717) is 11.5 Å². The number of benzene rings is 1. The summed E-state index contributed by atoms with van der Waals surface area (Å²) in [5, 5.41) is 0.283. The van der Waals surface area contributed by atoms with Crippen LogP contribution in [0.25, 0.3) is 6.08 Å². The lowest BCUT2D eigenvalue weighted by molar-refractivity contribution is -0.113. The fourth-order valence-corrected chi connectivity index (χ4v) is 2.11. The van der Waals surface area contributed by atoms with Gasteiger partial charge in [-0.3, -0.25) is 4.79 Å². The van der Waals surface area contributed by atoms with E-state index in [4.69, 9.17) is 10.5 Å². The highest BCUT2D eigenvalue weighted by atomic mass is 32.2. The molecule has 0 atom stereocenters. The molecule has 5 heteroatoms. The van der Waals surface area contributed by atoms with Crippen LogP contribution in [-0.4, -0.2) is 17.7 Å². The Labute approximate surface area is 109 Å². The molecule has 0 fully saturated rings. The second kappa shape index (κ2) is 5.55. The molecule has 18 heavy (non-hydrogen) atoms. The first-order valence-electron chi connectivity index (χ1n) is 5.31. The Hall–Kier alpha value is -2.01. The number of amidine groups is 1. The van der Waals surface area contributed by atoms with Gasteiger partial charge in [-0.1, -0.05) is 24.8 Å². The highest BCUT2D eigenvalue weighted by molar-refractivity contribution is 8.18. The zero-order chi connectivity index (χ0) is 13.0. The fraction of sp³-hybridized carbons (Fsp3) is 0.0769. The molecule has 0 radical (unpaired) electrons. The first kappa shape index (κ1) is 12.4. The molecule has 1 aliphatic heterocycles. The van der Waals surface area contributed by atoms with Crippen LogP contribution < -0.4 is 10.5 Å². The summed E-state index contributed by atoms with van der Waals surface area (Å²) >= 11 is 1.17. The van der Waals surface area contributed by atoms with E-state index in [1.807, 2.05) is 24.3 Å². The Bertz CT molecular complexity index is 550. The van der Waals surface area contributed by atoms with Crippen LogP contribution >= 0.6 is 11.8 Å². The summed E-state index contributed by atoms with van der Waals surface area (Å²) < 4.78 is 5.42. The summed E-state index contributed by atoms with van der Waals surface area (Å²) in [5.74, 6) is 0.434. The Morgan fingerprint density at radius 1 is 1.50 bits per heavy atom. The molecule has 0 aromatic heterocycles. The predicted octanol–water partition coefficient (Wildman–Crippen LogP) is 2.18. The van der Waals surface area contributed by atoms with Crippen molar-refractivity contribution in [2.75, 3.05) is 6.61 Å². The number of thioether (sulfide) groups is 1. The number of nitrogens with zero attached hydrogens (tertiary/aromatic N) is 1. The summed E-state index contributed by atoms with van der Waals surface area (Å²) in [5.41, 5.74) is 6.35. The molecular formula is C13H12N2O2S. The van der Waals surface area contributed by atoms with E-state index in [2.05, 4.69) is 11.6 Å². The monoisotopic (exact) mass is 260 g/mol. The molecule has 0 saturated carbocycles. The number of aliphatic imine (C=N–C) groups is 1. The number of rotatable bonds is 4. The van der Waals surface area contributed by atoms with Crippen LogP contribution in [-0.2, 0) is 4.79 Å². The maximum atomic E-state index is 11.4. The van der Waals surface area contributed by atoms with Crippen LogP contribution in [0.2, 0.25) is 0 Å². The third-order valence-electron chi connectivity index (χ3n) is 2.16. The molecule has 0 unspecified atom stereocenters. The van der Waals surface area contributed by atoms with Crippen LogP contribution in [0.5, 0.6) is 5.75 Å². The van der Waals surface area contributed by atoms with E-state index in [1.165, 1.54) is 11.8 Å². The summed E-state index contributed by atoms with van der Waals surface area (Å²) in [6, 6.07) is 7.44. The second-order valence-electron chi connectivity index (χ2n) is 3.54. The van der Waals surface area contributed by atoms with Gasteiger partial charge in [0.2, 0.25) is 0 Å². The number of ether oxygens (including phenoxy) is 1. The summed E-state index contributed by atoms with van der Waals surface area (Å²) in [6.45, 7) is 4.03. The largest absolute Gasteiger partial charge is 0.490 e. The van der Waals surface area contributed by atoms with Gasteiger partial charge in [0.05, 0.1) is 4.91 Å². The molecule has 0 saturated heterocycles. The maximum absolute atomic E-state index is 11.4. The maximum Gasteiger partial charge on any atom is 0.286 e. The SMILES string of the molecule is C=CCOc1cccc(/C=C2\SC(N)=NC2=O)c1. The quantitative estimate of drug-likeness (QED) is 0.665. The molecule has 2 N–H and O–H groups in total. The van der Waals surface area contributed by atoms with Crippen molar-refractivity contribution >= 4 is 28.9 Å². The molecule has 92 valence electrons. The van der Waals surface area contributed by atoms with Gasteiger partial charge in [-0.15, -0.1) is 0 Å². The summed E-state index contributed by atoms with van der Waals surface area (Å²) in [7, 11) is 0. The summed E-state index contributed by atoms with van der Waals surface area (Å²) in [6.07, 6.45) is 3.42. The number of amides is 1. The number of hydrogen-bond donors (Lipinski definition) is 1. The molecule has 0 aliphatic carbocycles. The minimum absolute atomic E-state index is 0.283. The first-order chi connectivity index (χ1) is 8.69. The van der Waals surface area contributed by atoms with E-state index >= 15 is 0 Å². The van der Waals surface area contributed by atoms with E-state index in [0.717, 1.165) is 11.3 Å². The van der Waals surface area contributed by atoms with Gasteiger partial charge in [0, 0.05) is 0 Å². The van der Waals surface area contributed by atoms with Crippen molar-refractivity contribution in [3.8, 4) is 5.75 Å². The van der Waals surface area contributed by atoms with E-state index in [1.54, 1.807) is 12.2 Å². The van der Waals surface area contributed by atoms with Gasteiger partial charge in [-0.2, -0.15) is 4.99 Å². The zero-order valence-electron chi connectivity index (χ0n) is 9.63. The number of nitrogens with two attached hydrogens (primary N) is 1. The Kier molecular flexibility index (Phi) is 3.84. The van der Waals surface area contributed by atoms with Gasteiger partial charge in [-0.05, 0) is 35.5 Å². The molecule has 1 heterocycles. The molecule has 4 nitrogen and oxygen atoms in total. The molecule has 1 aromatic rings. The minimum Gasteiger partial charge on any atom is -0.490 e. The number of carbonyl (C=O) groups excluding carboxylic acids is 1. The van der Waals surface area contributed by atoms with Gasteiger partial charge in [0.1, 0.15) is 12.4 Å². The van der Waals surface area contributed by atoms with Gasteiger partial charge in [-0.25, -0.2) is 0 Å². The highest BCUT2D eigenvalue weighted by Crippen LogP contribution is 2.27. The minimum atomic E-state index is -0.296. The lowest BCUT2D eigenvalue weighted by Gasteiger charge is -2.03. The van der Waals surface area contributed by atoms with Crippen LogP contribution in [0.4, 0.5) is 0 Å². The van der Waals surface area contributed by atoms with Gasteiger partial charge < -0.3 is 10.5 Å². The molecule has 2 rings (SSSR count). The average Bonchev–Trinajstić information content (AvgIpc) is 2.66.